The van der Waals surface area contributed by atoms with E-state index >= 15 is 0 Å². The molecule has 3 unspecified atom stereocenters. The molecule has 4 rings (SSSR count). The van der Waals surface area contributed by atoms with Crippen molar-refractivity contribution in [1.82, 2.24) is 10.6 Å². The number of hydrogen-bond donors (Lipinski definition) is 3. The summed E-state index contributed by atoms with van der Waals surface area (Å²) in [7, 11) is 0. The van der Waals surface area contributed by atoms with Crippen molar-refractivity contribution in [1.29, 1.82) is 0 Å². The molecule has 3 N–H and O–H groups in total. The number of carbonyl (C=O) groups excluding carboxylic acids is 3. The van der Waals surface area contributed by atoms with Gasteiger partial charge in [0.15, 0.2) is 0 Å². The Morgan fingerprint density at radius 1 is 1.03 bits per heavy atom. The maximum atomic E-state index is 12.9. The molecule has 2 aromatic rings. The van der Waals surface area contributed by atoms with Crippen molar-refractivity contribution in [3.8, 4) is 0 Å². The highest BCUT2D eigenvalue weighted by Gasteiger charge is 2.67. The Morgan fingerprint density at radius 3 is 2.34 bits per heavy atom. The van der Waals surface area contributed by atoms with Gasteiger partial charge in [0.2, 0.25) is 11.8 Å². The Balaban J connectivity index is 1.49. The molecule has 0 bridgehead atoms. The van der Waals surface area contributed by atoms with Crippen LogP contribution in [0.5, 0.6) is 0 Å². The maximum absolute atomic E-state index is 12.9. The summed E-state index contributed by atoms with van der Waals surface area (Å²) in [5.41, 5.74) is 1.11. The molecule has 168 valence electrons. The van der Waals surface area contributed by atoms with Crippen LogP contribution in [0.2, 0.25) is 15.1 Å². The summed E-state index contributed by atoms with van der Waals surface area (Å²) in [5.74, 6) is -2.45. The molecule has 0 radical (unpaired) electrons. The van der Waals surface area contributed by atoms with Crippen LogP contribution in [0.3, 0.4) is 0 Å². The van der Waals surface area contributed by atoms with Crippen molar-refractivity contribution < 1.29 is 14.4 Å². The van der Waals surface area contributed by atoms with Gasteiger partial charge in [-0.25, -0.2) is 0 Å². The van der Waals surface area contributed by atoms with Gasteiger partial charge in [0.1, 0.15) is 10.4 Å². The Hall–Kier alpha value is -1.70. The number of anilines is 1. The number of carbonyl (C=O) groups is 3. The van der Waals surface area contributed by atoms with E-state index in [1.54, 1.807) is 24.3 Å². The molecule has 2 fully saturated rings. The third-order valence-corrected chi connectivity index (χ3v) is 7.12. The molecule has 0 spiro atoms. The van der Waals surface area contributed by atoms with E-state index in [1.165, 1.54) is 12.1 Å². The first-order chi connectivity index (χ1) is 15.1. The Morgan fingerprint density at radius 2 is 1.72 bits per heavy atom. The maximum Gasteiger partial charge on any atom is 0.253 e. The third kappa shape index (κ3) is 4.66. The summed E-state index contributed by atoms with van der Waals surface area (Å²) >= 11 is 31.0. The Kier molecular flexibility index (Phi) is 6.54. The van der Waals surface area contributed by atoms with Crippen LogP contribution in [0.4, 0.5) is 5.69 Å². The van der Waals surface area contributed by atoms with E-state index < -0.39 is 34.0 Å². The molecule has 1 aliphatic heterocycles. The number of rotatable bonds is 5. The summed E-state index contributed by atoms with van der Waals surface area (Å²) in [6.07, 6.45) is 0.489. The smallest absolute Gasteiger partial charge is 0.253 e. The second-order valence-corrected chi connectivity index (χ2v) is 10.3. The van der Waals surface area contributed by atoms with E-state index in [4.69, 9.17) is 58.0 Å². The van der Waals surface area contributed by atoms with Gasteiger partial charge in [0.05, 0.1) is 16.5 Å². The van der Waals surface area contributed by atoms with Gasteiger partial charge in [-0.15, -0.1) is 23.2 Å². The monoisotopic (exact) mass is 533 g/mol. The lowest BCUT2D eigenvalue weighted by molar-refractivity contribution is -0.120. The van der Waals surface area contributed by atoms with Gasteiger partial charge in [-0.1, -0.05) is 34.8 Å². The summed E-state index contributed by atoms with van der Waals surface area (Å²) < 4.78 is -1.33. The second kappa shape index (κ2) is 8.92. The highest BCUT2D eigenvalue weighted by molar-refractivity contribution is 6.53. The topological polar surface area (TPSA) is 87.3 Å². The lowest BCUT2D eigenvalue weighted by atomic mass is 10.1. The van der Waals surface area contributed by atoms with Crippen molar-refractivity contribution in [3.05, 3.63) is 62.6 Å². The quantitative estimate of drug-likeness (QED) is 0.481. The lowest BCUT2D eigenvalue weighted by Gasteiger charge is -2.12. The van der Waals surface area contributed by atoms with Crippen molar-refractivity contribution >= 4 is 81.4 Å². The minimum absolute atomic E-state index is 0.126. The normalized spacial score (nSPS) is 23.4. The van der Waals surface area contributed by atoms with Crippen LogP contribution in [0.15, 0.2) is 36.4 Å². The standard InChI is InChI=1S/C21H16Cl5N3O3/c22-10-5-9(6-11(23)7-10)16-17(21(16,25)26)20(32)28-12-1-2-14(24)13(8-12)18(30)29-15-3-4-27-19(15)31/h1-2,5-8,15-17H,3-4H2,(H,27,31)(H,28,32)(H,29,30). The Labute approximate surface area is 208 Å². The zero-order valence-corrected chi connectivity index (χ0v) is 20.0. The van der Waals surface area contributed by atoms with Crippen LogP contribution in [0, 0.1) is 5.92 Å². The molecule has 6 nitrogen and oxygen atoms in total. The van der Waals surface area contributed by atoms with Gasteiger partial charge in [-0.3, -0.25) is 14.4 Å². The highest BCUT2D eigenvalue weighted by atomic mass is 35.5. The highest BCUT2D eigenvalue weighted by Crippen LogP contribution is 2.65. The molecule has 1 saturated heterocycles. The third-order valence-electron chi connectivity index (χ3n) is 5.41. The molecule has 3 amide bonds. The first-order valence-electron chi connectivity index (χ1n) is 9.60. The number of amides is 3. The summed E-state index contributed by atoms with van der Waals surface area (Å²) in [6.45, 7) is 0.493. The van der Waals surface area contributed by atoms with Gasteiger partial charge in [0, 0.05) is 28.2 Å². The van der Waals surface area contributed by atoms with Crippen LogP contribution >= 0.6 is 58.0 Å². The van der Waals surface area contributed by atoms with Crippen molar-refractivity contribution in [2.24, 2.45) is 5.92 Å². The molecule has 2 aliphatic rings. The van der Waals surface area contributed by atoms with Crippen LogP contribution < -0.4 is 16.0 Å². The zero-order valence-electron chi connectivity index (χ0n) is 16.2. The fourth-order valence-corrected chi connectivity index (χ4v) is 5.36. The van der Waals surface area contributed by atoms with E-state index in [0.29, 0.717) is 34.3 Å². The second-order valence-electron chi connectivity index (χ2n) is 7.62. The van der Waals surface area contributed by atoms with Gasteiger partial charge in [0.25, 0.3) is 5.91 Å². The minimum Gasteiger partial charge on any atom is -0.354 e. The fourth-order valence-electron chi connectivity index (χ4n) is 3.79. The van der Waals surface area contributed by atoms with Gasteiger partial charge >= 0.3 is 0 Å². The van der Waals surface area contributed by atoms with Crippen LogP contribution in [-0.4, -0.2) is 34.6 Å². The molecule has 1 aliphatic carbocycles. The number of halogens is 5. The van der Waals surface area contributed by atoms with Crippen LogP contribution in [-0.2, 0) is 9.59 Å². The number of alkyl halides is 2. The molecule has 1 heterocycles. The van der Waals surface area contributed by atoms with E-state index in [9.17, 15) is 14.4 Å². The molecular weight excluding hydrogens is 520 g/mol. The Bertz CT molecular complexity index is 1100. The molecule has 1 saturated carbocycles. The van der Waals surface area contributed by atoms with E-state index in [2.05, 4.69) is 16.0 Å². The first-order valence-corrected chi connectivity index (χ1v) is 11.5. The summed E-state index contributed by atoms with van der Waals surface area (Å²) in [6, 6.07) is 8.74. The lowest BCUT2D eigenvalue weighted by Crippen LogP contribution is -2.40. The molecule has 11 heteroatoms. The van der Waals surface area contributed by atoms with Gasteiger partial charge < -0.3 is 16.0 Å². The molecule has 2 aromatic carbocycles. The minimum atomic E-state index is -1.33. The molecule has 0 aromatic heterocycles. The summed E-state index contributed by atoms with van der Waals surface area (Å²) in [4.78, 5) is 37.2. The molecule has 32 heavy (non-hydrogen) atoms. The number of benzene rings is 2. The number of nitrogens with one attached hydrogen (secondary N) is 3. The fraction of sp³-hybridized carbons (Fsp3) is 0.286. The van der Waals surface area contributed by atoms with E-state index in [-0.39, 0.29) is 16.5 Å². The SMILES string of the molecule is O=C(NC1CCNC1=O)c1cc(NC(=O)C2C(c3cc(Cl)cc(Cl)c3)C2(Cl)Cl)ccc1Cl. The van der Waals surface area contributed by atoms with Crippen LogP contribution in [0.1, 0.15) is 28.3 Å². The predicted molar refractivity (Wildman–Crippen MR) is 126 cm³/mol. The van der Waals surface area contributed by atoms with E-state index in [1.807, 2.05) is 0 Å². The largest absolute Gasteiger partial charge is 0.354 e. The zero-order chi connectivity index (χ0) is 23.2. The molecular formula is C21H16Cl5N3O3. The average Bonchev–Trinajstić information content (AvgIpc) is 3.07. The van der Waals surface area contributed by atoms with Crippen molar-refractivity contribution in [2.45, 2.75) is 22.7 Å². The van der Waals surface area contributed by atoms with E-state index in [0.717, 1.165) is 0 Å². The molecule has 3 atom stereocenters. The van der Waals surface area contributed by atoms with Gasteiger partial charge in [-0.05, 0) is 48.4 Å². The van der Waals surface area contributed by atoms with Crippen LogP contribution in [0.25, 0.3) is 0 Å². The number of hydrogen-bond acceptors (Lipinski definition) is 3. The van der Waals surface area contributed by atoms with Gasteiger partial charge in [-0.2, -0.15) is 0 Å². The van der Waals surface area contributed by atoms with Crippen molar-refractivity contribution in [2.75, 3.05) is 11.9 Å². The predicted octanol–water partition coefficient (Wildman–Crippen LogP) is 4.79. The van der Waals surface area contributed by atoms with Crippen molar-refractivity contribution in [3.63, 3.8) is 0 Å². The average molecular weight is 536 g/mol. The first kappa shape index (κ1) is 23.5. The summed E-state index contributed by atoms with van der Waals surface area (Å²) in [5, 5.41) is 9.00.